The molecule has 0 aliphatic heterocycles. The number of rotatable bonds is 3. The second-order valence-electron chi connectivity index (χ2n) is 4.35. The molecule has 1 atom stereocenters. The fourth-order valence-electron chi connectivity index (χ4n) is 1.88. The number of ether oxygens (including phenoxy) is 1. The molecule has 3 aromatic rings. The van der Waals surface area contributed by atoms with Crippen LogP contribution in [0.3, 0.4) is 0 Å². The van der Waals surface area contributed by atoms with Crippen molar-refractivity contribution >= 4 is 54.0 Å². The first kappa shape index (κ1) is 13.1. The number of amides is 1. The summed E-state index contributed by atoms with van der Waals surface area (Å²) in [6.07, 6.45) is -0.917. The standard InChI is InChI=1S/C14H11NO3S2/c1-7(13(15)16)18-14(17)11-6-10-12(20-11)8-4-2-3-5-9(8)19-10/h2-7H,1H3,(H2,15,16). The summed E-state index contributed by atoms with van der Waals surface area (Å²) in [5, 5.41) is 1.14. The smallest absolute Gasteiger partial charge is 0.349 e. The Morgan fingerprint density at radius 2 is 1.95 bits per heavy atom. The number of carbonyl (C=O) groups is 2. The van der Waals surface area contributed by atoms with Gasteiger partial charge in [-0.1, -0.05) is 18.2 Å². The van der Waals surface area contributed by atoms with Gasteiger partial charge in [-0.2, -0.15) is 0 Å². The number of primary amides is 1. The number of fused-ring (bicyclic) bond motifs is 3. The molecule has 0 saturated heterocycles. The second-order valence-corrected chi connectivity index (χ2v) is 6.49. The third kappa shape index (κ3) is 2.17. The predicted molar refractivity (Wildman–Crippen MR) is 81.3 cm³/mol. The molecule has 1 amide bonds. The summed E-state index contributed by atoms with van der Waals surface area (Å²) >= 11 is 3.02. The third-order valence-corrected chi connectivity index (χ3v) is 5.33. The lowest BCUT2D eigenvalue weighted by Gasteiger charge is -2.07. The summed E-state index contributed by atoms with van der Waals surface area (Å²) in [4.78, 5) is 23.4. The molecule has 0 spiro atoms. The molecule has 20 heavy (non-hydrogen) atoms. The predicted octanol–water partition coefficient (Wildman–Crippen LogP) is 3.15. The third-order valence-electron chi connectivity index (χ3n) is 2.94. The molecule has 0 aliphatic rings. The van der Waals surface area contributed by atoms with E-state index in [1.54, 1.807) is 17.4 Å². The second kappa shape index (κ2) is 4.88. The van der Waals surface area contributed by atoms with E-state index in [0.717, 1.165) is 14.8 Å². The lowest BCUT2D eigenvalue weighted by Crippen LogP contribution is -2.30. The first-order chi connectivity index (χ1) is 9.56. The molecule has 2 heterocycles. The Balaban J connectivity index is 1.97. The summed E-state index contributed by atoms with van der Waals surface area (Å²) in [6, 6.07) is 9.86. The van der Waals surface area contributed by atoms with Gasteiger partial charge in [0, 0.05) is 14.8 Å². The van der Waals surface area contributed by atoms with Crippen molar-refractivity contribution in [2.24, 2.45) is 5.73 Å². The van der Waals surface area contributed by atoms with Gasteiger partial charge in [0.1, 0.15) is 4.88 Å². The zero-order valence-corrected chi connectivity index (χ0v) is 12.2. The molecule has 1 unspecified atom stereocenters. The van der Waals surface area contributed by atoms with Crippen LogP contribution in [0.1, 0.15) is 16.6 Å². The largest absolute Gasteiger partial charge is 0.448 e. The van der Waals surface area contributed by atoms with E-state index >= 15 is 0 Å². The van der Waals surface area contributed by atoms with Crippen molar-refractivity contribution in [2.75, 3.05) is 0 Å². The molecule has 0 bridgehead atoms. The van der Waals surface area contributed by atoms with E-state index < -0.39 is 18.0 Å². The van der Waals surface area contributed by atoms with E-state index in [0.29, 0.717) is 4.88 Å². The van der Waals surface area contributed by atoms with Crippen molar-refractivity contribution < 1.29 is 14.3 Å². The van der Waals surface area contributed by atoms with E-state index in [-0.39, 0.29) is 0 Å². The maximum atomic E-state index is 11.9. The summed E-state index contributed by atoms with van der Waals surface area (Å²) in [6.45, 7) is 1.46. The minimum atomic E-state index is -0.917. The van der Waals surface area contributed by atoms with E-state index in [9.17, 15) is 9.59 Å². The zero-order chi connectivity index (χ0) is 14.3. The summed E-state index contributed by atoms with van der Waals surface area (Å²) < 4.78 is 8.33. The Bertz CT molecular complexity index is 818. The fourth-order valence-corrected chi connectivity index (χ4v) is 4.28. The highest BCUT2D eigenvalue weighted by atomic mass is 32.1. The van der Waals surface area contributed by atoms with Crippen molar-refractivity contribution in [3.63, 3.8) is 0 Å². The Labute approximate surface area is 122 Å². The summed E-state index contributed by atoms with van der Waals surface area (Å²) in [5.74, 6) is -1.16. The van der Waals surface area contributed by atoms with Crippen molar-refractivity contribution in [2.45, 2.75) is 13.0 Å². The van der Waals surface area contributed by atoms with Crippen LogP contribution in [0.15, 0.2) is 30.3 Å². The molecular weight excluding hydrogens is 294 g/mol. The molecular formula is C14H11NO3S2. The first-order valence-electron chi connectivity index (χ1n) is 5.97. The van der Waals surface area contributed by atoms with Gasteiger partial charge < -0.3 is 10.5 Å². The van der Waals surface area contributed by atoms with Gasteiger partial charge >= 0.3 is 5.97 Å². The van der Waals surface area contributed by atoms with Crippen LogP contribution in [0.4, 0.5) is 0 Å². The van der Waals surface area contributed by atoms with Crippen LogP contribution in [0.2, 0.25) is 0 Å². The Hall–Kier alpha value is -1.92. The summed E-state index contributed by atoms with van der Waals surface area (Å²) in [7, 11) is 0. The van der Waals surface area contributed by atoms with E-state index in [1.807, 2.05) is 18.2 Å². The highest BCUT2D eigenvalue weighted by Crippen LogP contribution is 2.39. The van der Waals surface area contributed by atoms with Crippen molar-refractivity contribution in [1.82, 2.24) is 0 Å². The average molecular weight is 305 g/mol. The van der Waals surface area contributed by atoms with Gasteiger partial charge in [-0.25, -0.2) is 4.79 Å². The lowest BCUT2D eigenvalue weighted by atomic mass is 10.2. The number of thiophene rings is 2. The Kier molecular flexibility index (Phi) is 3.19. The van der Waals surface area contributed by atoms with Crippen LogP contribution in [-0.2, 0) is 9.53 Å². The van der Waals surface area contributed by atoms with Gasteiger partial charge in [-0.3, -0.25) is 4.79 Å². The highest BCUT2D eigenvalue weighted by molar-refractivity contribution is 7.33. The van der Waals surface area contributed by atoms with Crippen LogP contribution in [-0.4, -0.2) is 18.0 Å². The van der Waals surface area contributed by atoms with Gasteiger partial charge in [0.15, 0.2) is 6.10 Å². The van der Waals surface area contributed by atoms with Crippen LogP contribution < -0.4 is 5.73 Å². The number of hydrogen-bond acceptors (Lipinski definition) is 5. The molecule has 0 aliphatic carbocycles. The number of benzene rings is 1. The van der Waals surface area contributed by atoms with Gasteiger partial charge in [0.25, 0.3) is 5.91 Å². The minimum Gasteiger partial charge on any atom is -0.448 e. The minimum absolute atomic E-state index is 0.491. The molecule has 6 heteroatoms. The van der Waals surface area contributed by atoms with Gasteiger partial charge in [0.2, 0.25) is 0 Å². The average Bonchev–Trinajstić information content (AvgIpc) is 2.95. The Morgan fingerprint density at radius 1 is 1.20 bits per heavy atom. The topological polar surface area (TPSA) is 69.4 Å². The van der Waals surface area contributed by atoms with Crippen molar-refractivity contribution in [3.8, 4) is 0 Å². The fraction of sp³-hybridized carbons (Fsp3) is 0.143. The van der Waals surface area contributed by atoms with Gasteiger partial charge in [0.05, 0.1) is 4.70 Å². The number of carbonyl (C=O) groups excluding carboxylic acids is 2. The maximum absolute atomic E-state index is 11.9. The van der Waals surface area contributed by atoms with Crippen molar-refractivity contribution in [1.29, 1.82) is 0 Å². The van der Waals surface area contributed by atoms with Crippen LogP contribution in [0, 0.1) is 0 Å². The zero-order valence-electron chi connectivity index (χ0n) is 10.6. The number of nitrogens with two attached hydrogens (primary N) is 1. The van der Waals surface area contributed by atoms with E-state index in [4.69, 9.17) is 10.5 Å². The normalized spacial score (nSPS) is 12.7. The van der Waals surface area contributed by atoms with E-state index in [2.05, 4.69) is 6.07 Å². The Morgan fingerprint density at radius 3 is 2.70 bits per heavy atom. The molecule has 1 aromatic carbocycles. The lowest BCUT2D eigenvalue weighted by molar-refractivity contribution is -0.125. The first-order valence-corrected chi connectivity index (χ1v) is 7.61. The highest BCUT2D eigenvalue weighted by Gasteiger charge is 2.19. The molecule has 3 rings (SSSR count). The molecule has 2 aromatic heterocycles. The summed E-state index contributed by atoms with van der Waals surface area (Å²) in [5.41, 5.74) is 5.08. The molecule has 102 valence electrons. The van der Waals surface area contributed by atoms with Crippen LogP contribution >= 0.6 is 22.7 Å². The molecule has 0 fully saturated rings. The number of esters is 1. The molecule has 0 saturated carbocycles. The van der Waals surface area contributed by atoms with Gasteiger partial charge in [-0.05, 0) is 19.1 Å². The SMILES string of the molecule is CC(OC(=O)c1cc2sc3ccccc3c2s1)C(N)=O. The van der Waals surface area contributed by atoms with Gasteiger partial charge in [-0.15, -0.1) is 22.7 Å². The quantitative estimate of drug-likeness (QED) is 0.756. The van der Waals surface area contributed by atoms with E-state index in [1.165, 1.54) is 23.0 Å². The van der Waals surface area contributed by atoms with Crippen LogP contribution in [0.5, 0.6) is 0 Å². The molecule has 2 N–H and O–H groups in total. The molecule has 0 radical (unpaired) electrons. The maximum Gasteiger partial charge on any atom is 0.349 e. The van der Waals surface area contributed by atoms with Crippen LogP contribution in [0.25, 0.3) is 19.5 Å². The monoisotopic (exact) mass is 305 g/mol. The van der Waals surface area contributed by atoms with Crippen molar-refractivity contribution in [3.05, 3.63) is 35.2 Å². The molecule has 4 nitrogen and oxygen atoms in total. The number of hydrogen-bond donors (Lipinski definition) is 1.